The van der Waals surface area contributed by atoms with Gasteiger partial charge in [0.1, 0.15) is 0 Å². The number of carbonyl (C=O) groups is 1. The van der Waals surface area contributed by atoms with E-state index < -0.39 is 12.1 Å². The number of carboxylic acid groups (broad SMARTS) is 1. The molecule has 0 aromatic carbocycles. The molecule has 76 valence electrons. The van der Waals surface area contributed by atoms with Crippen molar-refractivity contribution >= 4 is 5.97 Å². The zero-order valence-electron chi connectivity index (χ0n) is 8.10. The minimum absolute atomic E-state index is 0.0384. The van der Waals surface area contributed by atoms with E-state index in [4.69, 9.17) is 5.11 Å². The number of carboxylic acids is 1. The third-order valence-corrected chi connectivity index (χ3v) is 2.55. The Balaban J connectivity index is 2.50. The Labute approximate surface area is 78.2 Å². The Morgan fingerprint density at radius 3 is 2.38 bits per heavy atom. The fourth-order valence-electron chi connectivity index (χ4n) is 1.45. The average molecular weight is 187 g/mol. The fourth-order valence-corrected chi connectivity index (χ4v) is 1.45. The van der Waals surface area contributed by atoms with Crippen LogP contribution in [0.25, 0.3) is 0 Å². The van der Waals surface area contributed by atoms with Crippen LogP contribution in [-0.2, 0) is 4.79 Å². The molecule has 0 amide bonds. The molecule has 0 saturated heterocycles. The summed E-state index contributed by atoms with van der Waals surface area (Å²) in [7, 11) is 0. The molecule has 0 aliphatic heterocycles. The molecule has 0 bridgehead atoms. The zero-order chi connectivity index (χ0) is 10.0. The van der Waals surface area contributed by atoms with Gasteiger partial charge in [-0.2, -0.15) is 0 Å². The maximum absolute atomic E-state index is 10.5. The molecule has 1 aliphatic carbocycles. The summed E-state index contributed by atoms with van der Waals surface area (Å²) in [5, 5.41) is 18.0. The molecule has 0 aromatic rings. The van der Waals surface area contributed by atoms with E-state index in [9.17, 15) is 9.90 Å². The van der Waals surface area contributed by atoms with Crippen molar-refractivity contribution in [2.45, 2.75) is 44.9 Å². The summed E-state index contributed by atoms with van der Waals surface area (Å²) in [6.45, 7) is 3.60. The Bertz CT molecular complexity index is 189. The highest BCUT2D eigenvalue weighted by Crippen LogP contribution is 2.29. The van der Waals surface area contributed by atoms with Crippen molar-refractivity contribution in [3.8, 4) is 0 Å². The van der Waals surface area contributed by atoms with Crippen LogP contribution in [0.15, 0.2) is 0 Å². The quantitative estimate of drug-likeness (QED) is 0.650. The number of hydrogen-bond acceptors (Lipinski definition) is 3. The first-order chi connectivity index (χ1) is 6.02. The Kier molecular flexibility index (Phi) is 3.27. The summed E-state index contributed by atoms with van der Waals surface area (Å²) in [4.78, 5) is 12.4. The second kappa shape index (κ2) is 4.07. The van der Waals surface area contributed by atoms with Crippen LogP contribution in [-0.4, -0.2) is 45.8 Å². The van der Waals surface area contributed by atoms with Crippen molar-refractivity contribution in [1.82, 2.24) is 4.90 Å². The largest absolute Gasteiger partial charge is 0.480 e. The van der Waals surface area contributed by atoms with Gasteiger partial charge < -0.3 is 10.2 Å². The third-order valence-electron chi connectivity index (χ3n) is 2.55. The molecule has 13 heavy (non-hydrogen) atoms. The highest BCUT2D eigenvalue weighted by atomic mass is 16.4. The summed E-state index contributed by atoms with van der Waals surface area (Å²) in [5.74, 6) is -0.820. The molecule has 0 spiro atoms. The van der Waals surface area contributed by atoms with E-state index in [0.717, 1.165) is 12.8 Å². The van der Waals surface area contributed by atoms with Gasteiger partial charge in [-0.15, -0.1) is 0 Å². The first kappa shape index (κ1) is 10.5. The zero-order valence-corrected chi connectivity index (χ0v) is 8.10. The standard InChI is InChI=1S/C9H17NO3/c1-6(7(2)11)10(5-9(12)13)8-3-4-8/h6-8,11H,3-5H2,1-2H3,(H,12,13). The van der Waals surface area contributed by atoms with Crippen LogP contribution in [0.3, 0.4) is 0 Å². The third kappa shape index (κ3) is 2.97. The van der Waals surface area contributed by atoms with Crippen molar-refractivity contribution in [1.29, 1.82) is 0 Å². The minimum Gasteiger partial charge on any atom is -0.480 e. The molecule has 4 heteroatoms. The van der Waals surface area contributed by atoms with Gasteiger partial charge in [0, 0.05) is 12.1 Å². The molecule has 4 nitrogen and oxygen atoms in total. The summed E-state index contributed by atoms with van der Waals surface area (Å²) in [6.07, 6.45) is 1.65. The lowest BCUT2D eigenvalue weighted by atomic mass is 10.2. The summed E-state index contributed by atoms with van der Waals surface area (Å²) >= 11 is 0. The van der Waals surface area contributed by atoms with Gasteiger partial charge in [0.25, 0.3) is 0 Å². The predicted octanol–water partition coefficient (Wildman–Crippen LogP) is 0.305. The second-order valence-electron chi connectivity index (χ2n) is 3.78. The van der Waals surface area contributed by atoms with Crippen LogP contribution < -0.4 is 0 Å². The highest BCUT2D eigenvalue weighted by Gasteiger charge is 2.34. The topological polar surface area (TPSA) is 60.8 Å². The molecule has 1 rings (SSSR count). The Hall–Kier alpha value is -0.610. The van der Waals surface area contributed by atoms with Gasteiger partial charge in [-0.3, -0.25) is 9.69 Å². The Morgan fingerprint density at radius 1 is 1.54 bits per heavy atom. The van der Waals surface area contributed by atoms with Crippen LogP contribution in [0.2, 0.25) is 0 Å². The SMILES string of the molecule is CC(O)C(C)N(CC(=O)O)C1CC1. The van der Waals surface area contributed by atoms with Crippen LogP contribution in [0, 0.1) is 0 Å². The minimum atomic E-state index is -0.820. The van der Waals surface area contributed by atoms with Gasteiger partial charge >= 0.3 is 5.97 Å². The molecular formula is C9H17NO3. The van der Waals surface area contributed by atoms with Crippen molar-refractivity contribution in [3.05, 3.63) is 0 Å². The number of nitrogens with zero attached hydrogens (tertiary/aromatic N) is 1. The molecule has 0 aromatic heterocycles. The van der Waals surface area contributed by atoms with Gasteiger partial charge in [0.15, 0.2) is 0 Å². The molecule has 2 N–H and O–H groups in total. The smallest absolute Gasteiger partial charge is 0.317 e. The van der Waals surface area contributed by atoms with Crippen molar-refractivity contribution in [3.63, 3.8) is 0 Å². The molecule has 1 fully saturated rings. The highest BCUT2D eigenvalue weighted by molar-refractivity contribution is 5.69. The molecule has 1 aliphatic rings. The molecule has 2 atom stereocenters. The van der Waals surface area contributed by atoms with Gasteiger partial charge in [0.2, 0.25) is 0 Å². The monoisotopic (exact) mass is 187 g/mol. The van der Waals surface area contributed by atoms with E-state index in [1.165, 1.54) is 0 Å². The van der Waals surface area contributed by atoms with E-state index in [-0.39, 0.29) is 12.6 Å². The van der Waals surface area contributed by atoms with E-state index in [1.54, 1.807) is 6.92 Å². The van der Waals surface area contributed by atoms with E-state index >= 15 is 0 Å². The first-order valence-corrected chi connectivity index (χ1v) is 4.68. The van der Waals surface area contributed by atoms with E-state index in [0.29, 0.717) is 6.04 Å². The summed E-state index contributed by atoms with van der Waals surface area (Å²) < 4.78 is 0. The van der Waals surface area contributed by atoms with Crippen LogP contribution in [0.5, 0.6) is 0 Å². The van der Waals surface area contributed by atoms with Gasteiger partial charge in [-0.05, 0) is 26.7 Å². The molecular weight excluding hydrogens is 170 g/mol. The van der Waals surface area contributed by atoms with Crippen LogP contribution in [0.1, 0.15) is 26.7 Å². The molecule has 0 heterocycles. The second-order valence-corrected chi connectivity index (χ2v) is 3.78. The lowest BCUT2D eigenvalue weighted by molar-refractivity contribution is -0.139. The van der Waals surface area contributed by atoms with Crippen LogP contribution >= 0.6 is 0 Å². The maximum atomic E-state index is 10.5. The normalized spacial score (nSPS) is 21.5. The fraction of sp³-hybridized carbons (Fsp3) is 0.889. The first-order valence-electron chi connectivity index (χ1n) is 4.68. The van der Waals surface area contributed by atoms with Gasteiger partial charge in [-0.25, -0.2) is 0 Å². The number of aliphatic carboxylic acids is 1. The van der Waals surface area contributed by atoms with Crippen LogP contribution in [0.4, 0.5) is 0 Å². The molecule has 0 radical (unpaired) electrons. The predicted molar refractivity (Wildman–Crippen MR) is 48.5 cm³/mol. The lowest BCUT2D eigenvalue weighted by Crippen LogP contribution is -2.44. The van der Waals surface area contributed by atoms with E-state index in [1.807, 2.05) is 11.8 Å². The number of rotatable bonds is 5. The van der Waals surface area contributed by atoms with Crippen molar-refractivity contribution in [2.75, 3.05) is 6.54 Å². The van der Waals surface area contributed by atoms with Crippen molar-refractivity contribution in [2.24, 2.45) is 0 Å². The van der Waals surface area contributed by atoms with E-state index in [2.05, 4.69) is 0 Å². The number of aliphatic hydroxyl groups is 1. The lowest BCUT2D eigenvalue weighted by Gasteiger charge is -2.29. The molecule has 1 saturated carbocycles. The van der Waals surface area contributed by atoms with Crippen molar-refractivity contribution < 1.29 is 15.0 Å². The van der Waals surface area contributed by atoms with Gasteiger partial charge in [-0.1, -0.05) is 0 Å². The summed E-state index contributed by atoms with van der Waals surface area (Å²) in [5.41, 5.74) is 0. The maximum Gasteiger partial charge on any atom is 0.317 e. The van der Waals surface area contributed by atoms with Gasteiger partial charge in [0.05, 0.1) is 12.6 Å². The number of hydrogen-bond donors (Lipinski definition) is 2. The molecule has 2 unspecified atom stereocenters. The summed E-state index contributed by atoms with van der Waals surface area (Å²) in [6, 6.07) is 0.310. The number of aliphatic hydroxyl groups excluding tert-OH is 1. The Morgan fingerprint density at radius 2 is 2.08 bits per heavy atom. The average Bonchev–Trinajstić information content (AvgIpc) is 2.80.